The molecule has 0 radical (unpaired) electrons. The number of benzene rings is 1. The summed E-state index contributed by atoms with van der Waals surface area (Å²) >= 11 is 0. The molecule has 0 saturated carbocycles. The van der Waals surface area contributed by atoms with Crippen molar-refractivity contribution in [2.75, 3.05) is 26.9 Å². The van der Waals surface area contributed by atoms with Crippen LogP contribution < -0.4 is 9.47 Å². The van der Waals surface area contributed by atoms with Gasteiger partial charge in [0.1, 0.15) is 18.1 Å². The Kier molecular flexibility index (Phi) is 5.16. The van der Waals surface area contributed by atoms with E-state index in [1.54, 1.807) is 43.5 Å². The number of esters is 1. The van der Waals surface area contributed by atoms with E-state index in [0.717, 1.165) is 0 Å². The number of hydrogen-bond acceptors (Lipinski definition) is 7. The second-order valence-corrected chi connectivity index (χ2v) is 8.87. The minimum absolute atomic E-state index is 0.0600. The largest absolute Gasteiger partial charge is 0.497 e. The lowest BCUT2D eigenvalue weighted by Gasteiger charge is -2.46. The van der Waals surface area contributed by atoms with E-state index in [1.165, 1.54) is 6.08 Å². The highest BCUT2D eigenvalue weighted by Gasteiger charge is 2.69. The Morgan fingerprint density at radius 2 is 1.83 bits per heavy atom. The fourth-order valence-electron chi connectivity index (χ4n) is 4.34. The number of carbonyl (C=O) groups excluding carboxylic acids is 1. The Bertz CT molecular complexity index is 834. The highest BCUT2D eigenvalue weighted by Crippen LogP contribution is 2.55. The third-order valence-corrected chi connectivity index (χ3v) is 5.99. The number of hydrogen-bond donors (Lipinski definition) is 1. The van der Waals surface area contributed by atoms with E-state index in [2.05, 4.69) is 6.58 Å². The van der Waals surface area contributed by atoms with Crippen molar-refractivity contribution in [3.8, 4) is 11.5 Å². The van der Waals surface area contributed by atoms with Crippen molar-refractivity contribution in [2.45, 2.75) is 31.3 Å². The Morgan fingerprint density at radius 1 is 1.20 bits per heavy atom. The summed E-state index contributed by atoms with van der Waals surface area (Å²) in [5.74, 6) is -1.86. The molecule has 4 rings (SSSR count). The molecule has 0 bridgehead atoms. The minimum Gasteiger partial charge on any atom is -0.497 e. The standard InChI is InChI=1S/C23H28O7/c1-5-17(24)18-19-22(30-20(18)25,14-27-16-8-6-15(26-4)7-9-16)10-11-23(19)28-12-21(2,3)13-29-23/h5-11,17-19,24H,1,12-14H2,2-4H3/t17-,18+,19+,22-/m1/s1. The number of ether oxygens (including phenoxy) is 5. The van der Waals surface area contributed by atoms with Gasteiger partial charge < -0.3 is 28.8 Å². The Morgan fingerprint density at radius 3 is 2.43 bits per heavy atom. The van der Waals surface area contributed by atoms with E-state index < -0.39 is 35.3 Å². The van der Waals surface area contributed by atoms with Crippen LogP contribution in [0, 0.1) is 17.3 Å². The van der Waals surface area contributed by atoms with Crippen LogP contribution in [0.4, 0.5) is 0 Å². The summed E-state index contributed by atoms with van der Waals surface area (Å²) in [5.41, 5.74) is -1.27. The molecule has 2 aliphatic heterocycles. The van der Waals surface area contributed by atoms with Crippen LogP contribution in [0.25, 0.3) is 0 Å². The van der Waals surface area contributed by atoms with Gasteiger partial charge in [0.05, 0.1) is 38.3 Å². The molecule has 0 amide bonds. The molecule has 2 fully saturated rings. The van der Waals surface area contributed by atoms with Gasteiger partial charge in [-0.05, 0) is 36.4 Å². The van der Waals surface area contributed by atoms with E-state index in [0.29, 0.717) is 24.7 Å². The van der Waals surface area contributed by atoms with Crippen LogP contribution in [0.3, 0.4) is 0 Å². The summed E-state index contributed by atoms with van der Waals surface area (Å²) < 4.78 is 29.3. The molecule has 30 heavy (non-hydrogen) atoms. The third kappa shape index (κ3) is 3.41. The Labute approximate surface area is 176 Å². The molecular formula is C23H28O7. The van der Waals surface area contributed by atoms with Crippen LogP contribution in [-0.4, -0.2) is 55.5 Å². The molecule has 4 atom stereocenters. The van der Waals surface area contributed by atoms with Crippen LogP contribution in [0.2, 0.25) is 0 Å². The number of rotatable bonds is 6. The van der Waals surface area contributed by atoms with Gasteiger partial charge >= 0.3 is 5.97 Å². The van der Waals surface area contributed by atoms with Crippen molar-refractivity contribution in [3.05, 3.63) is 49.1 Å². The van der Waals surface area contributed by atoms with Gasteiger partial charge in [-0.25, -0.2) is 0 Å². The average molecular weight is 416 g/mol. The lowest BCUT2D eigenvalue weighted by Crippen LogP contribution is -2.57. The first-order chi connectivity index (χ1) is 14.2. The predicted octanol–water partition coefficient (Wildman–Crippen LogP) is 2.49. The lowest BCUT2D eigenvalue weighted by molar-refractivity contribution is -0.305. The molecule has 7 nitrogen and oxygen atoms in total. The van der Waals surface area contributed by atoms with Crippen LogP contribution >= 0.6 is 0 Å². The second-order valence-electron chi connectivity index (χ2n) is 8.87. The van der Waals surface area contributed by atoms with Gasteiger partial charge in [-0.2, -0.15) is 0 Å². The second kappa shape index (κ2) is 7.41. The summed E-state index contributed by atoms with van der Waals surface area (Å²) in [7, 11) is 1.59. The molecule has 2 heterocycles. The molecule has 0 unspecified atom stereocenters. The smallest absolute Gasteiger partial charge is 0.313 e. The lowest BCUT2D eigenvalue weighted by atomic mass is 9.76. The monoisotopic (exact) mass is 416 g/mol. The van der Waals surface area contributed by atoms with Crippen molar-refractivity contribution < 1.29 is 33.6 Å². The highest BCUT2D eigenvalue weighted by molar-refractivity contribution is 5.78. The maximum Gasteiger partial charge on any atom is 0.313 e. The Hall–Kier alpha value is -2.35. The van der Waals surface area contributed by atoms with Crippen LogP contribution in [0.1, 0.15) is 13.8 Å². The molecule has 1 aliphatic carbocycles. The van der Waals surface area contributed by atoms with Gasteiger partial charge in [-0.1, -0.05) is 19.9 Å². The van der Waals surface area contributed by atoms with Crippen LogP contribution in [-0.2, 0) is 19.0 Å². The first-order valence-electron chi connectivity index (χ1n) is 10.0. The SMILES string of the molecule is C=C[C@@H](O)[C@@H]1C(=O)O[C@@]2(COc3ccc(OC)cc3)C=CC3(OCC(C)(C)CO3)[C@@H]12. The zero-order valence-corrected chi connectivity index (χ0v) is 17.5. The molecule has 1 aromatic carbocycles. The van der Waals surface area contributed by atoms with Crippen molar-refractivity contribution in [3.63, 3.8) is 0 Å². The van der Waals surface area contributed by atoms with Crippen molar-refractivity contribution in [1.29, 1.82) is 0 Å². The highest BCUT2D eigenvalue weighted by atomic mass is 16.7. The van der Waals surface area contributed by atoms with Gasteiger partial charge in [0.2, 0.25) is 0 Å². The van der Waals surface area contributed by atoms with E-state index in [-0.39, 0.29) is 12.0 Å². The maximum atomic E-state index is 12.8. The van der Waals surface area contributed by atoms with Crippen molar-refractivity contribution in [1.82, 2.24) is 0 Å². The molecule has 1 N–H and O–H groups in total. The molecule has 1 aromatic rings. The number of carbonyl (C=O) groups is 1. The van der Waals surface area contributed by atoms with Crippen LogP contribution in [0.15, 0.2) is 49.1 Å². The summed E-state index contributed by atoms with van der Waals surface area (Å²) in [5, 5.41) is 10.5. The van der Waals surface area contributed by atoms with E-state index in [1.807, 2.05) is 13.8 Å². The maximum absolute atomic E-state index is 12.8. The van der Waals surface area contributed by atoms with Crippen LogP contribution in [0.5, 0.6) is 11.5 Å². The average Bonchev–Trinajstić information content (AvgIpc) is 3.20. The zero-order valence-electron chi connectivity index (χ0n) is 17.5. The quantitative estimate of drug-likeness (QED) is 0.563. The van der Waals surface area contributed by atoms with E-state index in [4.69, 9.17) is 23.7 Å². The number of aliphatic hydroxyl groups is 1. The van der Waals surface area contributed by atoms with E-state index >= 15 is 0 Å². The number of methoxy groups -OCH3 is 1. The summed E-state index contributed by atoms with van der Waals surface area (Å²) in [6.45, 7) is 8.70. The minimum atomic E-state index is -1.17. The fourth-order valence-corrected chi connectivity index (χ4v) is 4.34. The summed E-state index contributed by atoms with van der Waals surface area (Å²) in [6, 6.07) is 7.14. The van der Waals surface area contributed by atoms with Gasteiger partial charge in [0.25, 0.3) is 0 Å². The summed E-state index contributed by atoms with van der Waals surface area (Å²) in [4.78, 5) is 12.8. The molecule has 1 spiro atoms. The molecule has 162 valence electrons. The molecule has 3 aliphatic rings. The van der Waals surface area contributed by atoms with Crippen molar-refractivity contribution >= 4 is 5.97 Å². The predicted molar refractivity (Wildman–Crippen MR) is 108 cm³/mol. The molecule has 2 saturated heterocycles. The van der Waals surface area contributed by atoms with Gasteiger partial charge in [-0.3, -0.25) is 4.79 Å². The first-order valence-corrected chi connectivity index (χ1v) is 10.0. The normalized spacial score (nSPS) is 31.8. The van der Waals surface area contributed by atoms with Gasteiger partial charge in [-0.15, -0.1) is 6.58 Å². The summed E-state index contributed by atoms with van der Waals surface area (Å²) in [6.07, 6.45) is 3.81. The first kappa shape index (κ1) is 20.9. The topological polar surface area (TPSA) is 83.5 Å². The molecule has 7 heteroatoms. The van der Waals surface area contributed by atoms with Gasteiger partial charge in [0, 0.05) is 5.41 Å². The Balaban J connectivity index is 1.63. The van der Waals surface area contributed by atoms with Crippen molar-refractivity contribution in [2.24, 2.45) is 17.3 Å². The fraction of sp³-hybridized carbons (Fsp3) is 0.522. The number of aliphatic hydroxyl groups excluding tert-OH is 1. The van der Waals surface area contributed by atoms with Gasteiger partial charge in [0.15, 0.2) is 11.4 Å². The third-order valence-electron chi connectivity index (χ3n) is 5.99. The number of fused-ring (bicyclic) bond motifs is 2. The molecule has 0 aromatic heterocycles. The molecular weight excluding hydrogens is 388 g/mol. The van der Waals surface area contributed by atoms with E-state index in [9.17, 15) is 9.90 Å². The zero-order chi connectivity index (χ0) is 21.6.